The summed E-state index contributed by atoms with van der Waals surface area (Å²) in [6.07, 6.45) is 30.1. The smallest absolute Gasteiger partial charge is 0.259 e. The molecule has 3 N–H and O–H groups in total. The largest absolute Gasteiger partial charge is 0.507 e. The van der Waals surface area contributed by atoms with E-state index in [0.29, 0.717) is 0 Å². The average molecular weight is 555 g/mol. The van der Waals surface area contributed by atoms with E-state index in [1.807, 2.05) is 0 Å². The number of hydrogen-bond acceptors (Lipinski definition) is 5. The molecular weight excluding hydrogens is 508 g/mol. The van der Waals surface area contributed by atoms with E-state index >= 15 is 0 Å². The molecule has 214 valence electrons. The van der Waals surface area contributed by atoms with E-state index in [4.69, 9.17) is 4.74 Å². The van der Waals surface area contributed by atoms with Crippen molar-refractivity contribution in [1.82, 2.24) is 10.6 Å². The quantitative estimate of drug-likeness (QED) is 0.0877. The molecule has 0 aliphatic carbocycles. The summed E-state index contributed by atoms with van der Waals surface area (Å²) >= 11 is 1.48. The number of carbonyl (C=O) groups excluding carboxylic acids is 2. The molecule has 0 aliphatic heterocycles. The van der Waals surface area contributed by atoms with Gasteiger partial charge in [0, 0.05) is 20.2 Å². The van der Waals surface area contributed by atoms with Crippen LogP contribution in [0.5, 0.6) is 5.75 Å². The highest BCUT2D eigenvalue weighted by Gasteiger charge is 2.17. The highest BCUT2D eigenvalue weighted by Crippen LogP contribution is 2.16. The Morgan fingerprint density at radius 2 is 1.41 bits per heavy atom. The van der Waals surface area contributed by atoms with E-state index < -0.39 is 5.44 Å². The second-order valence-electron chi connectivity index (χ2n) is 8.71. The zero-order valence-corrected chi connectivity index (χ0v) is 24.3. The highest BCUT2D eigenvalue weighted by molar-refractivity contribution is 8.00. The third-order valence-corrected chi connectivity index (χ3v) is 6.71. The Kier molecular flexibility index (Phi) is 21.0. The van der Waals surface area contributed by atoms with Crippen LogP contribution in [-0.2, 0) is 9.53 Å². The maximum atomic E-state index is 12.3. The number of hydrogen-bond donors (Lipinski definition) is 3. The van der Waals surface area contributed by atoms with Crippen LogP contribution in [0, 0.1) is 0 Å². The van der Waals surface area contributed by atoms with Gasteiger partial charge in [0.15, 0.2) is 5.44 Å². The fourth-order valence-electron chi connectivity index (χ4n) is 3.38. The van der Waals surface area contributed by atoms with E-state index in [0.717, 1.165) is 57.1 Å². The molecule has 1 rings (SSSR count). The van der Waals surface area contributed by atoms with Gasteiger partial charge in [0.05, 0.1) is 5.56 Å². The summed E-state index contributed by atoms with van der Waals surface area (Å²) in [7, 11) is 1.52. The lowest BCUT2D eigenvalue weighted by atomic mass is 10.2. The molecule has 6 nitrogen and oxygen atoms in total. The fourth-order valence-corrected chi connectivity index (χ4v) is 4.34. The van der Waals surface area contributed by atoms with Gasteiger partial charge < -0.3 is 20.5 Å². The van der Waals surface area contributed by atoms with Crippen LogP contribution in [0.3, 0.4) is 0 Å². The van der Waals surface area contributed by atoms with Crippen LogP contribution in [0.25, 0.3) is 0 Å². The number of methoxy groups -OCH3 is 1. The Bertz CT molecular complexity index is 953. The Balaban J connectivity index is 2.05. The number of allylic oxidation sites excluding steroid dienone is 10. The minimum atomic E-state index is -0.576. The van der Waals surface area contributed by atoms with Crippen LogP contribution in [0.1, 0.15) is 68.6 Å². The normalized spacial score (nSPS) is 12.9. The zero-order valence-electron chi connectivity index (χ0n) is 23.5. The summed E-state index contributed by atoms with van der Waals surface area (Å²) in [5.74, 6) is 0.168. The first-order valence-corrected chi connectivity index (χ1v) is 14.9. The van der Waals surface area contributed by atoms with Crippen molar-refractivity contribution in [2.24, 2.45) is 0 Å². The minimum Gasteiger partial charge on any atom is -0.507 e. The second kappa shape index (κ2) is 24.0. The Morgan fingerprint density at radius 3 is 2.00 bits per heavy atom. The van der Waals surface area contributed by atoms with E-state index in [1.54, 1.807) is 18.2 Å². The molecule has 0 aliphatic rings. The zero-order chi connectivity index (χ0) is 28.4. The molecule has 0 bridgehead atoms. The predicted octanol–water partition coefficient (Wildman–Crippen LogP) is 6.87. The van der Waals surface area contributed by atoms with Crippen molar-refractivity contribution in [3.05, 3.63) is 90.6 Å². The van der Waals surface area contributed by atoms with Crippen molar-refractivity contribution in [2.45, 2.75) is 63.7 Å². The maximum absolute atomic E-state index is 12.3. The van der Waals surface area contributed by atoms with Gasteiger partial charge in [0.25, 0.3) is 11.8 Å². The number of phenolic OH excluding ortho intramolecular Hbond substituents is 1. The Labute approximate surface area is 239 Å². The van der Waals surface area contributed by atoms with Crippen molar-refractivity contribution < 1.29 is 19.4 Å². The molecule has 39 heavy (non-hydrogen) atoms. The average Bonchev–Trinajstić information content (AvgIpc) is 2.94. The van der Waals surface area contributed by atoms with Crippen LogP contribution >= 0.6 is 11.8 Å². The summed E-state index contributed by atoms with van der Waals surface area (Å²) in [4.78, 5) is 24.4. The highest BCUT2D eigenvalue weighted by atomic mass is 32.2. The van der Waals surface area contributed by atoms with Gasteiger partial charge in [0.1, 0.15) is 5.75 Å². The van der Waals surface area contributed by atoms with Crippen molar-refractivity contribution in [1.29, 1.82) is 0 Å². The lowest BCUT2D eigenvalue weighted by Crippen LogP contribution is -2.39. The third-order valence-electron chi connectivity index (χ3n) is 5.48. The fraction of sp³-hybridized carbons (Fsp3) is 0.438. The maximum Gasteiger partial charge on any atom is 0.259 e. The Hall–Kier alpha value is -3.03. The summed E-state index contributed by atoms with van der Waals surface area (Å²) in [5.41, 5.74) is -0.369. The summed E-state index contributed by atoms with van der Waals surface area (Å²) in [6.45, 7) is 2.68. The van der Waals surface area contributed by atoms with Gasteiger partial charge in [-0.1, -0.05) is 79.8 Å². The van der Waals surface area contributed by atoms with Gasteiger partial charge in [-0.25, -0.2) is 0 Å². The number of unbranched alkanes of at least 4 members (excludes halogenated alkanes) is 2. The summed E-state index contributed by atoms with van der Waals surface area (Å²) < 4.78 is 5.31. The van der Waals surface area contributed by atoms with E-state index in [1.165, 1.54) is 24.9 Å². The van der Waals surface area contributed by atoms with E-state index in [2.05, 4.69) is 78.3 Å². The number of thioether (sulfide) groups is 1. The number of carbonyl (C=O) groups is 2. The number of amides is 2. The molecule has 0 saturated heterocycles. The lowest BCUT2D eigenvalue weighted by Gasteiger charge is -2.15. The number of nitrogens with one attached hydrogen (secondary N) is 2. The third kappa shape index (κ3) is 18.0. The first-order chi connectivity index (χ1) is 19.1. The summed E-state index contributed by atoms with van der Waals surface area (Å²) in [5, 5.41) is 15.2. The van der Waals surface area contributed by atoms with Crippen LogP contribution in [0.2, 0.25) is 0 Å². The van der Waals surface area contributed by atoms with Crippen molar-refractivity contribution in [2.75, 3.05) is 26.0 Å². The van der Waals surface area contributed by atoms with Gasteiger partial charge in [0.2, 0.25) is 0 Å². The number of phenols is 1. The van der Waals surface area contributed by atoms with Crippen LogP contribution < -0.4 is 10.6 Å². The molecule has 0 heterocycles. The first-order valence-electron chi connectivity index (χ1n) is 13.8. The van der Waals surface area contributed by atoms with Gasteiger partial charge in [-0.15, -0.1) is 11.8 Å². The molecule has 1 aromatic carbocycles. The molecule has 1 atom stereocenters. The molecule has 2 amide bonds. The SMILES string of the molecule is CCC=CCC=CCC=CCC=CCC=CCCCCSC(OC)C(=O)NCCNC(=O)c1ccccc1O. The molecule has 0 spiro atoms. The van der Waals surface area contributed by atoms with Crippen molar-refractivity contribution in [3.8, 4) is 5.75 Å². The molecule has 0 saturated carbocycles. The van der Waals surface area contributed by atoms with E-state index in [-0.39, 0.29) is 36.2 Å². The minimum absolute atomic E-state index is 0.0729. The lowest BCUT2D eigenvalue weighted by molar-refractivity contribution is -0.126. The van der Waals surface area contributed by atoms with Crippen LogP contribution in [-0.4, -0.2) is 48.3 Å². The first kappa shape index (κ1) is 34.0. The van der Waals surface area contributed by atoms with Crippen LogP contribution in [0.15, 0.2) is 85.0 Å². The number of benzene rings is 1. The monoisotopic (exact) mass is 554 g/mol. The molecule has 0 aromatic heterocycles. The Morgan fingerprint density at radius 1 is 0.846 bits per heavy atom. The molecule has 1 aromatic rings. The van der Waals surface area contributed by atoms with Crippen LogP contribution in [0.4, 0.5) is 0 Å². The molecule has 0 fully saturated rings. The topological polar surface area (TPSA) is 87.7 Å². The number of ether oxygens (including phenoxy) is 1. The van der Waals surface area contributed by atoms with Gasteiger partial charge in [-0.05, 0) is 69.3 Å². The van der Waals surface area contributed by atoms with Gasteiger partial charge in [-0.2, -0.15) is 0 Å². The van der Waals surface area contributed by atoms with Crippen molar-refractivity contribution in [3.63, 3.8) is 0 Å². The van der Waals surface area contributed by atoms with E-state index in [9.17, 15) is 14.7 Å². The second-order valence-corrected chi connectivity index (χ2v) is 9.88. The molecule has 0 radical (unpaired) electrons. The predicted molar refractivity (Wildman–Crippen MR) is 165 cm³/mol. The molecule has 1 unspecified atom stereocenters. The number of rotatable bonds is 21. The summed E-state index contributed by atoms with van der Waals surface area (Å²) in [6, 6.07) is 6.34. The standard InChI is InChI=1S/C32H46N2O4S/c1-3-4-5-6-7-8-9-10-11-12-13-14-15-16-17-18-19-22-27-39-32(38-2)31(37)34-26-25-33-30(36)28-23-20-21-24-29(28)35/h4-5,7-8,10-11,13-14,16-17,20-21,23-24,32,35H,3,6,9,12,15,18-19,22,25-27H2,1-2H3,(H,33,36)(H,34,37). The molecule has 7 heteroatoms. The van der Waals surface area contributed by atoms with Gasteiger partial charge in [-0.3, -0.25) is 9.59 Å². The van der Waals surface area contributed by atoms with Crippen molar-refractivity contribution >= 4 is 23.6 Å². The molecular formula is C32H46N2O4S. The van der Waals surface area contributed by atoms with Gasteiger partial charge >= 0.3 is 0 Å². The number of para-hydroxylation sites is 1. The number of aromatic hydroxyl groups is 1.